The Morgan fingerprint density at radius 2 is 1.20 bits per heavy atom. The Balaban J connectivity index is 1.03. The number of nitrogens with zero attached hydrogens (tertiary/aromatic N) is 3. The van der Waals surface area contributed by atoms with Crippen LogP contribution in [-0.4, -0.2) is 14.5 Å². The molecule has 0 aliphatic carbocycles. The van der Waals surface area contributed by atoms with Crippen molar-refractivity contribution in [2.24, 2.45) is 0 Å². The molecule has 0 spiro atoms. The second-order valence-electron chi connectivity index (χ2n) is 15.3. The molecule has 59 heavy (non-hydrogen) atoms. The summed E-state index contributed by atoms with van der Waals surface area (Å²) in [4.78, 5) is 10.8. The normalized spacial score (nSPS) is 12.1. The van der Waals surface area contributed by atoms with E-state index in [9.17, 15) is 0 Å². The fourth-order valence-electron chi connectivity index (χ4n) is 9.26. The monoisotopic (exact) mass is 769 g/mol. The highest BCUT2D eigenvalue weighted by atomic mass is 32.1. The summed E-state index contributed by atoms with van der Waals surface area (Å²) < 4.78 is 11.4. The van der Waals surface area contributed by atoms with Gasteiger partial charge in [-0.2, -0.15) is 0 Å². The lowest BCUT2D eigenvalue weighted by Crippen LogP contribution is -1.94. The number of furan rings is 1. The van der Waals surface area contributed by atoms with Crippen molar-refractivity contribution in [3.05, 3.63) is 188 Å². The van der Waals surface area contributed by atoms with Gasteiger partial charge in [0.1, 0.15) is 11.2 Å². The maximum Gasteiger partial charge on any atom is 0.161 e. The van der Waals surface area contributed by atoms with Crippen molar-refractivity contribution >= 4 is 96.9 Å². The Labute approximate surface area is 341 Å². The number of hydrogen-bond donors (Lipinski definition) is 0. The van der Waals surface area contributed by atoms with Gasteiger partial charge in [0, 0.05) is 54.5 Å². The van der Waals surface area contributed by atoms with E-state index in [0.717, 1.165) is 71.1 Å². The van der Waals surface area contributed by atoms with Crippen molar-refractivity contribution < 1.29 is 4.42 Å². The SMILES string of the molecule is c1ccc(-c2ccc3c(c2)c2c4ccccc4ccc2n3-c2ccc3c(c2)oc2cccc(-c4nc(-c5ccc6ccccc6c5)c5sc6ccccc6c5n4)c23)cc1. The molecule has 5 heteroatoms. The van der Waals surface area contributed by atoms with Gasteiger partial charge in [0.15, 0.2) is 5.82 Å². The zero-order valence-corrected chi connectivity index (χ0v) is 32.4. The Hall–Kier alpha value is -7.60. The largest absolute Gasteiger partial charge is 0.456 e. The van der Waals surface area contributed by atoms with Crippen LogP contribution in [0.3, 0.4) is 0 Å². The van der Waals surface area contributed by atoms with Crippen LogP contribution in [-0.2, 0) is 0 Å². The minimum Gasteiger partial charge on any atom is -0.456 e. The molecule has 0 aliphatic rings. The summed E-state index contributed by atoms with van der Waals surface area (Å²) in [7, 11) is 0. The van der Waals surface area contributed by atoms with E-state index in [4.69, 9.17) is 14.4 Å². The molecule has 0 radical (unpaired) electrons. The highest BCUT2D eigenvalue weighted by Gasteiger charge is 2.22. The molecule has 0 aliphatic heterocycles. The first-order chi connectivity index (χ1) is 29.2. The molecule has 0 atom stereocenters. The Kier molecular flexibility index (Phi) is 6.85. The lowest BCUT2D eigenvalue weighted by molar-refractivity contribution is 0.668. The van der Waals surface area contributed by atoms with Gasteiger partial charge in [-0.25, -0.2) is 9.97 Å². The minimum absolute atomic E-state index is 0.685. The standard InChI is InChI=1S/C54H31N3OS/c1-2-11-32(12-3-1)36-24-27-44-43(30-36)49-39-16-7-6-14-34(39)23-28-45(49)57(44)38-25-26-40-47(31-38)58-46-19-10-18-42(50(40)46)54-55-51(37-22-21-33-13-4-5-15-35(33)29-37)53-52(56-54)41-17-8-9-20-48(41)59-53/h1-31H. The molecule has 0 unspecified atom stereocenters. The van der Waals surface area contributed by atoms with Gasteiger partial charge in [-0.3, -0.25) is 0 Å². The number of rotatable bonds is 4. The second-order valence-corrected chi connectivity index (χ2v) is 16.4. The van der Waals surface area contributed by atoms with Crippen LogP contribution in [0.15, 0.2) is 192 Å². The molecular formula is C54H31N3OS. The number of benzene rings is 9. The molecule has 0 saturated heterocycles. The molecular weight excluding hydrogens is 739 g/mol. The molecule has 0 N–H and O–H groups in total. The summed E-state index contributed by atoms with van der Waals surface area (Å²) in [5, 5.41) is 10.5. The molecule has 0 fully saturated rings. The predicted octanol–water partition coefficient (Wildman–Crippen LogP) is 15.1. The van der Waals surface area contributed by atoms with E-state index < -0.39 is 0 Å². The van der Waals surface area contributed by atoms with Crippen LogP contribution in [0.25, 0.3) is 125 Å². The van der Waals surface area contributed by atoms with Crippen molar-refractivity contribution in [3.8, 4) is 39.5 Å². The number of hydrogen-bond acceptors (Lipinski definition) is 4. The van der Waals surface area contributed by atoms with Crippen LogP contribution in [0, 0.1) is 0 Å². The molecule has 13 rings (SSSR count). The minimum atomic E-state index is 0.685. The van der Waals surface area contributed by atoms with Gasteiger partial charge < -0.3 is 8.98 Å². The highest BCUT2D eigenvalue weighted by Crippen LogP contribution is 2.44. The van der Waals surface area contributed by atoms with Gasteiger partial charge in [0.2, 0.25) is 0 Å². The highest BCUT2D eigenvalue weighted by molar-refractivity contribution is 7.26. The Morgan fingerprint density at radius 1 is 0.441 bits per heavy atom. The van der Waals surface area contributed by atoms with E-state index in [-0.39, 0.29) is 0 Å². The van der Waals surface area contributed by atoms with Crippen LogP contribution < -0.4 is 0 Å². The summed E-state index contributed by atoms with van der Waals surface area (Å²) >= 11 is 1.76. The van der Waals surface area contributed by atoms with Crippen LogP contribution in [0.1, 0.15) is 0 Å². The molecule has 0 amide bonds. The smallest absolute Gasteiger partial charge is 0.161 e. The van der Waals surface area contributed by atoms with Crippen molar-refractivity contribution in [3.63, 3.8) is 0 Å². The van der Waals surface area contributed by atoms with Crippen LogP contribution in [0.2, 0.25) is 0 Å². The third-order valence-corrected chi connectivity index (χ3v) is 13.2. The lowest BCUT2D eigenvalue weighted by atomic mass is 10.0. The summed E-state index contributed by atoms with van der Waals surface area (Å²) in [6.07, 6.45) is 0. The maximum absolute atomic E-state index is 6.76. The average molecular weight is 770 g/mol. The van der Waals surface area contributed by atoms with Gasteiger partial charge in [0.05, 0.1) is 26.9 Å². The first kappa shape index (κ1) is 32.5. The van der Waals surface area contributed by atoms with E-state index in [1.165, 1.54) is 48.1 Å². The molecule has 4 aromatic heterocycles. The first-order valence-corrected chi connectivity index (χ1v) is 20.7. The van der Waals surface area contributed by atoms with Crippen LogP contribution in [0.5, 0.6) is 0 Å². The Morgan fingerprint density at radius 3 is 2.12 bits per heavy atom. The van der Waals surface area contributed by atoms with Gasteiger partial charge in [-0.1, -0.05) is 133 Å². The van der Waals surface area contributed by atoms with E-state index in [1.54, 1.807) is 11.3 Å². The van der Waals surface area contributed by atoms with Gasteiger partial charge in [-0.15, -0.1) is 11.3 Å². The summed E-state index contributed by atoms with van der Waals surface area (Å²) in [6, 6.07) is 67.2. The average Bonchev–Trinajstić information content (AvgIpc) is 3.98. The van der Waals surface area contributed by atoms with E-state index in [0.29, 0.717) is 5.82 Å². The van der Waals surface area contributed by atoms with Gasteiger partial charge in [-0.05, 0) is 81.2 Å². The van der Waals surface area contributed by atoms with Crippen molar-refractivity contribution in [1.29, 1.82) is 0 Å². The predicted molar refractivity (Wildman–Crippen MR) is 248 cm³/mol. The summed E-state index contributed by atoms with van der Waals surface area (Å²) in [5.41, 5.74) is 11.3. The van der Waals surface area contributed by atoms with Crippen molar-refractivity contribution in [2.45, 2.75) is 0 Å². The van der Waals surface area contributed by atoms with E-state index in [1.807, 2.05) is 0 Å². The summed E-state index contributed by atoms with van der Waals surface area (Å²) in [5.74, 6) is 0.685. The van der Waals surface area contributed by atoms with Gasteiger partial charge in [0.25, 0.3) is 0 Å². The fraction of sp³-hybridized carbons (Fsp3) is 0. The molecule has 0 saturated carbocycles. The quantitative estimate of drug-likeness (QED) is 0.179. The topological polar surface area (TPSA) is 43.9 Å². The first-order valence-electron chi connectivity index (χ1n) is 19.9. The maximum atomic E-state index is 6.76. The molecule has 13 aromatic rings. The van der Waals surface area contributed by atoms with E-state index >= 15 is 0 Å². The Bertz CT molecular complexity index is 3860. The van der Waals surface area contributed by atoms with Crippen LogP contribution in [0.4, 0.5) is 0 Å². The van der Waals surface area contributed by atoms with E-state index in [2.05, 4.69) is 193 Å². The summed E-state index contributed by atoms with van der Waals surface area (Å²) in [6.45, 7) is 0. The lowest BCUT2D eigenvalue weighted by Gasteiger charge is -2.10. The number of aromatic nitrogens is 3. The molecule has 4 nitrogen and oxygen atoms in total. The van der Waals surface area contributed by atoms with Crippen LogP contribution >= 0.6 is 11.3 Å². The number of fused-ring (bicyclic) bond motifs is 12. The molecule has 4 heterocycles. The van der Waals surface area contributed by atoms with Crippen molar-refractivity contribution in [2.75, 3.05) is 0 Å². The zero-order chi connectivity index (χ0) is 38.6. The third kappa shape index (κ3) is 4.89. The molecule has 0 bridgehead atoms. The van der Waals surface area contributed by atoms with Gasteiger partial charge >= 0.3 is 0 Å². The zero-order valence-electron chi connectivity index (χ0n) is 31.6. The van der Waals surface area contributed by atoms with Crippen molar-refractivity contribution in [1.82, 2.24) is 14.5 Å². The third-order valence-electron chi connectivity index (χ3n) is 12.0. The fourth-order valence-corrected chi connectivity index (χ4v) is 10.4. The molecule has 274 valence electrons. The molecule has 9 aromatic carbocycles. The second kappa shape index (κ2) is 12.4. The number of thiophene rings is 1.